The second-order valence-electron chi connectivity index (χ2n) is 5.25. The van der Waals surface area contributed by atoms with Crippen molar-refractivity contribution in [3.05, 3.63) is 41.1 Å². The monoisotopic (exact) mass is 317 g/mol. The molecule has 124 valence electrons. The maximum absolute atomic E-state index is 11.5. The molecule has 0 bridgehead atoms. The second-order valence-corrected chi connectivity index (χ2v) is 5.25. The van der Waals surface area contributed by atoms with Crippen molar-refractivity contribution in [3.63, 3.8) is 0 Å². The van der Waals surface area contributed by atoms with Gasteiger partial charge in [-0.2, -0.15) is 0 Å². The Bertz CT molecular complexity index is 635. The zero-order valence-electron chi connectivity index (χ0n) is 13.6. The van der Waals surface area contributed by atoms with E-state index in [9.17, 15) is 4.79 Å². The first-order chi connectivity index (χ1) is 11.1. The summed E-state index contributed by atoms with van der Waals surface area (Å²) in [5.41, 5.74) is 9.57. The van der Waals surface area contributed by atoms with Crippen LogP contribution in [0.2, 0.25) is 0 Å². The Hall–Kier alpha value is -2.50. The lowest BCUT2D eigenvalue weighted by molar-refractivity contribution is -0.145. The number of rotatable bonds is 8. The van der Waals surface area contributed by atoms with Gasteiger partial charge in [0.2, 0.25) is 5.88 Å². The number of benzene rings is 1. The highest BCUT2D eigenvalue weighted by molar-refractivity contribution is 5.71. The van der Waals surface area contributed by atoms with Crippen LogP contribution in [0.4, 0.5) is 5.69 Å². The average Bonchev–Trinajstić information content (AvgIpc) is 2.90. The Morgan fingerprint density at radius 2 is 2.00 bits per heavy atom. The van der Waals surface area contributed by atoms with E-state index in [1.807, 2.05) is 24.3 Å². The number of aromatic amines is 1. The summed E-state index contributed by atoms with van der Waals surface area (Å²) in [6, 6.07) is 7.70. The van der Waals surface area contributed by atoms with Crippen molar-refractivity contribution >= 4 is 11.7 Å². The number of esters is 1. The molecule has 0 amide bonds. The minimum atomic E-state index is -0.397. The molecule has 1 aromatic carbocycles. The lowest BCUT2D eigenvalue weighted by Gasteiger charge is -2.08. The number of aryl methyl sites for hydroxylation is 1. The van der Waals surface area contributed by atoms with Crippen LogP contribution in [0.3, 0.4) is 0 Å². The number of H-pyrrole nitrogens is 1. The zero-order valence-corrected chi connectivity index (χ0v) is 13.6. The molecule has 0 fully saturated rings. The first-order valence-corrected chi connectivity index (χ1v) is 7.83. The van der Waals surface area contributed by atoms with Gasteiger partial charge in [-0.1, -0.05) is 25.5 Å². The maximum Gasteiger partial charge on any atom is 0.344 e. The molecule has 0 aliphatic carbocycles. The highest BCUT2D eigenvalue weighted by Crippen LogP contribution is 2.24. The highest BCUT2D eigenvalue weighted by Gasteiger charge is 2.16. The lowest BCUT2D eigenvalue weighted by atomic mass is 10.0. The third-order valence-corrected chi connectivity index (χ3v) is 3.41. The number of carbonyl (C=O) groups excluding carboxylic acids is 1. The van der Waals surface area contributed by atoms with E-state index >= 15 is 0 Å². The molecule has 0 radical (unpaired) electrons. The van der Waals surface area contributed by atoms with Gasteiger partial charge in [0.1, 0.15) is 0 Å². The van der Waals surface area contributed by atoms with E-state index < -0.39 is 5.97 Å². The Morgan fingerprint density at radius 1 is 1.26 bits per heavy atom. The molecule has 2 rings (SSSR count). The van der Waals surface area contributed by atoms with Gasteiger partial charge in [0.15, 0.2) is 6.61 Å². The van der Waals surface area contributed by atoms with Gasteiger partial charge in [0, 0.05) is 23.4 Å². The Labute approximate surface area is 136 Å². The van der Waals surface area contributed by atoms with E-state index in [-0.39, 0.29) is 6.61 Å². The third-order valence-electron chi connectivity index (χ3n) is 3.41. The molecule has 0 saturated carbocycles. The quantitative estimate of drug-likeness (QED) is 0.576. The fraction of sp³-hybridized carbons (Fsp3) is 0.412. The molecule has 0 aliphatic rings. The number of nitrogens with two attached hydrogens (primary N) is 1. The van der Waals surface area contributed by atoms with Crippen molar-refractivity contribution in [1.29, 1.82) is 0 Å². The second kappa shape index (κ2) is 8.22. The van der Waals surface area contributed by atoms with E-state index in [0.29, 0.717) is 18.9 Å². The van der Waals surface area contributed by atoms with Crippen molar-refractivity contribution in [2.45, 2.75) is 33.1 Å². The van der Waals surface area contributed by atoms with Gasteiger partial charge in [-0.15, -0.1) is 5.10 Å². The van der Waals surface area contributed by atoms with Crippen LogP contribution in [0.25, 0.3) is 0 Å². The normalized spacial score (nSPS) is 10.5. The van der Waals surface area contributed by atoms with Crippen molar-refractivity contribution < 1.29 is 14.3 Å². The van der Waals surface area contributed by atoms with E-state index in [1.54, 1.807) is 6.92 Å². The molecule has 1 aromatic heterocycles. The Morgan fingerprint density at radius 3 is 2.65 bits per heavy atom. The minimum Gasteiger partial charge on any atom is -0.464 e. The fourth-order valence-electron chi connectivity index (χ4n) is 2.31. The van der Waals surface area contributed by atoms with Gasteiger partial charge in [0.25, 0.3) is 0 Å². The summed E-state index contributed by atoms with van der Waals surface area (Å²) in [4.78, 5) is 11.5. The van der Waals surface area contributed by atoms with Crippen LogP contribution in [0, 0.1) is 0 Å². The largest absolute Gasteiger partial charge is 0.464 e. The first-order valence-electron chi connectivity index (χ1n) is 7.83. The number of nitrogen functional groups attached to an aromatic ring is 1. The molecule has 2 aromatic rings. The average molecular weight is 317 g/mol. The molecule has 0 atom stereocenters. The predicted octanol–water partition coefficient (Wildman–Crippen LogP) is 2.48. The molecule has 1 heterocycles. The summed E-state index contributed by atoms with van der Waals surface area (Å²) in [6.45, 7) is 4.06. The Balaban J connectivity index is 2.15. The van der Waals surface area contributed by atoms with E-state index in [2.05, 4.69) is 17.1 Å². The van der Waals surface area contributed by atoms with Crippen LogP contribution >= 0.6 is 0 Å². The molecular weight excluding hydrogens is 294 g/mol. The Kier molecular flexibility index (Phi) is 6.02. The van der Waals surface area contributed by atoms with Crippen LogP contribution in [-0.2, 0) is 22.4 Å². The summed E-state index contributed by atoms with van der Waals surface area (Å²) in [5, 5.41) is 7.21. The van der Waals surface area contributed by atoms with Crippen LogP contribution in [-0.4, -0.2) is 29.4 Å². The number of ether oxygens (including phenoxy) is 2. The topological polar surface area (TPSA) is 90.2 Å². The number of aromatic nitrogens is 2. The van der Waals surface area contributed by atoms with Crippen molar-refractivity contribution in [2.24, 2.45) is 0 Å². The summed E-state index contributed by atoms with van der Waals surface area (Å²) in [5.74, 6) is 0.0595. The van der Waals surface area contributed by atoms with Gasteiger partial charge in [-0.3, -0.25) is 5.10 Å². The molecular formula is C17H23N3O3. The van der Waals surface area contributed by atoms with Crippen molar-refractivity contribution in [1.82, 2.24) is 10.2 Å². The number of anilines is 1. The maximum atomic E-state index is 11.5. The number of hydrogen-bond acceptors (Lipinski definition) is 5. The number of hydrogen-bond donors (Lipinski definition) is 2. The van der Waals surface area contributed by atoms with Crippen LogP contribution in [0.15, 0.2) is 24.3 Å². The first kappa shape index (κ1) is 16.9. The van der Waals surface area contributed by atoms with Gasteiger partial charge in [-0.25, -0.2) is 4.79 Å². The molecule has 23 heavy (non-hydrogen) atoms. The number of carbonyl (C=O) groups is 1. The van der Waals surface area contributed by atoms with Gasteiger partial charge >= 0.3 is 5.97 Å². The number of nitrogens with one attached hydrogen (secondary N) is 1. The van der Waals surface area contributed by atoms with Crippen molar-refractivity contribution in [2.75, 3.05) is 18.9 Å². The molecule has 0 saturated heterocycles. The van der Waals surface area contributed by atoms with E-state index in [4.69, 9.17) is 15.2 Å². The predicted molar refractivity (Wildman–Crippen MR) is 88.4 cm³/mol. The molecule has 3 N–H and O–H groups in total. The smallest absolute Gasteiger partial charge is 0.344 e. The molecule has 0 spiro atoms. The minimum absolute atomic E-state index is 0.140. The molecule has 0 unspecified atom stereocenters. The van der Waals surface area contributed by atoms with Gasteiger partial charge in [-0.05, 0) is 31.0 Å². The van der Waals surface area contributed by atoms with Gasteiger partial charge in [0.05, 0.1) is 6.61 Å². The molecule has 6 heteroatoms. The van der Waals surface area contributed by atoms with Crippen LogP contribution in [0.1, 0.15) is 37.1 Å². The highest BCUT2D eigenvalue weighted by atomic mass is 16.6. The fourth-order valence-corrected chi connectivity index (χ4v) is 2.31. The van der Waals surface area contributed by atoms with E-state index in [1.165, 1.54) is 0 Å². The summed E-state index contributed by atoms with van der Waals surface area (Å²) < 4.78 is 10.4. The zero-order chi connectivity index (χ0) is 16.7. The van der Waals surface area contributed by atoms with Crippen LogP contribution < -0.4 is 10.5 Å². The van der Waals surface area contributed by atoms with E-state index in [0.717, 1.165) is 35.3 Å². The summed E-state index contributed by atoms with van der Waals surface area (Å²) in [6.07, 6.45) is 2.54. The van der Waals surface area contributed by atoms with Gasteiger partial charge < -0.3 is 15.2 Å². The SMILES string of the molecule is CCCc1[nH]nc(OCC(=O)OCC)c1Cc1ccc(N)cc1. The lowest BCUT2D eigenvalue weighted by Crippen LogP contribution is -2.15. The number of nitrogens with zero attached hydrogens (tertiary/aromatic N) is 1. The van der Waals surface area contributed by atoms with Crippen molar-refractivity contribution in [3.8, 4) is 5.88 Å². The molecule has 6 nitrogen and oxygen atoms in total. The molecule has 0 aliphatic heterocycles. The van der Waals surface area contributed by atoms with Crippen LogP contribution in [0.5, 0.6) is 5.88 Å². The third kappa shape index (κ3) is 4.74. The summed E-state index contributed by atoms with van der Waals surface area (Å²) in [7, 11) is 0. The summed E-state index contributed by atoms with van der Waals surface area (Å²) >= 11 is 0. The standard InChI is InChI=1S/C17H23N3O3/c1-3-5-15-14(10-12-6-8-13(18)9-7-12)17(20-19-15)23-11-16(21)22-4-2/h6-9H,3-5,10-11,18H2,1-2H3,(H,19,20).